The van der Waals surface area contributed by atoms with Crippen molar-refractivity contribution in [1.29, 1.82) is 0 Å². The Bertz CT molecular complexity index is 759. The highest BCUT2D eigenvalue weighted by Crippen LogP contribution is 2.06. The first-order valence-electron chi connectivity index (χ1n) is 6.70. The third-order valence-electron chi connectivity index (χ3n) is 2.68. The molecule has 0 amide bonds. The number of hydrogen-bond donors (Lipinski definition) is 4. The van der Waals surface area contributed by atoms with E-state index in [9.17, 15) is 8.42 Å². The zero-order chi connectivity index (χ0) is 18.2. The molecule has 0 heterocycles. The molecule has 8 nitrogen and oxygen atoms in total. The van der Waals surface area contributed by atoms with E-state index < -0.39 is 10.0 Å². The van der Waals surface area contributed by atoms with Gasteiger partial charge < -0.3 is 5.32 Å². The van der Waals surface area contributed by atoms with Gasteiger partial charge in [0.1, 0.15) is 0 Å². The summed E-state index contributed by atoms with van der Waals surface area (Å²) in [4.78, 5) is 0.109. The van der Waals surface area contributed by atoms with E-state index in [1.807, 2.05) is 0 Å². The molecular formula is C13H18N6O2S3. The number of sulfonamides is 1. The van der Waals surface area contributed by atoms with Gasteiger partial charge in [-0.05, 0) is 50.4 Å². The molecule has 0 aliphatic carbocycles. The van der Waals surface area contributed by atoms with Crippen molar-refractivity contribution in [3.63, 3.8) is 0 Å². The van der Waals surface area contributed by atoms with Crippen molar-refractivity contribution in [2.24, 2.45) is 10.2 Å². The van der Waals surface area contributed by atoms with Gasteiger partial charge in [0.15, 0.2) is 5.11 Å². The van der Waals surface area contributed by atoms with E-state index in [-0.39, 0.29) is 10.0 Å². The molecule has 0 aromatic heterocycles. The van der Waals surface area contributed by atoms with Crippen molar-refractivity contribution >= 4 is 56.1 Å². The predicted octanol–water partition coefficient (Wildman–Crippen LogP) is 0.685. The molecule has 0 spiro atoms. The van der Waals surface area contributed by atoms with Crippen molar-refractivity contribution in [3.05, 3.63) is 30.3 Å². The van der Waals surface area contributed by atoms with Crippen LogP contribution in [0.2, 0.25) is 0 Å². The van der Waals surface area contributed by atoms with Crippen LogP contribution in [0.25, 0.3) is 0 Å². The van der Waals surface area contributed by atoms with Crippen LogP contribution in [0.1, 0.15) is 13.8 Å². The van der Waals surface area contributed by atoms with E-state index in [4.69, 9.17) is 24.4 Å². The average Bonchev–Trinajstić information content (AvgIpc) is 2.57. The number of hydrogen-bond acceptors (Lipinski definition) is 6. The number of hydrazone groups is 2. The summed E-state index contributed by atoms with van der Waals surface area (Å²) in [6.07, 6.45) is 0. The molecule has 0 radical (unpaired) electrons. The number of benzene rings is 1. The highest BCUT2D eigenvalue weighted by molar-refractivity contribution is 7.91. The molecule has 1 aromatic rings. The first-order valence-corrected chi connectivity index (χ1v) is 9.00. The number of nitrogens with one attached hydrogen (secondary N) is 4. The molecule has 1 rings (SSSR count). The monoisotopic (exact) mass is 386 g/mol. The first-order chi connectivity index (χ1) is 11.3. The maximum Gasteiger partial charge on any atom is 0.263 e. The van der Waals surface area contributed by atoms with Gasteiger partial charge in [0.05, 0.1) is 16.3 Å². The molecule has 0 saturated heterocycles. The van der Waals surface area contributed by atoms with Crippen LogP contribution in [0.3, 0.4) is 0 Å². The van der Waals surface area contributed by atoms with Gasteiger partial charge in [-0.1, -0.05) is 18.2 Å². The fourth-order valence-corrected chi connectivity index (χ4v) is 2.63. The minimum absolute atomic E-state index is 0.109. The Labute approximate surface area is 151 Å². The van der Waals surface area contributed by atoms with E-state index in [0.717, 1.165) is 0 Å². The van der Waals surface area contributed by atoms with Crippen molar-refractivity contribution < 1.29 is 8.42 Å². The molecule has 1 aromatic carbocycles. The molecule has 0 unspecified atom stereocenters. The summed E-state index contributed by atoms with van der Waals surface area (Å²) in [6, 6.07) is 7.89. The van der Waals surface area contributed by atoms with Crippen LogP contribution in [0, 0.1) is 0 Å². The molecule has 0 atom stereocenters. The second-order valence-corrected chi connectivity index (χ2v) is 6.94. The van der Waals surface area contributed by atoms with Crippen LogP contribution in [-0.4, -0.2) is 37.1 Å². The number of nitrogens with zero attached hydrogens (tertiary/aromatic N) is 2. The summed E-state index contributed by atoms with van der Waals surface area (Å²) < 4.78 is 26.4. The molecule has 11 heteroatoms. The van der Waals surface area contributed by atoms with Crippen LogP contribution >= 0.6 is 24.4 Å². The van der Waals surface area contributed by atoms with Gasteiger partial charge >= 0.3 is 0 Å². The zero-order valence-corrected chi connectivity index (χ0v) is 15.8. The van der Waals surface area contributed by atoms with E-state index in [0.29, 0.717) is 16.5 Å². The van der Waals surface area contributed by atoms with Gasteiger partial charge in [0.25, 0.3) is 10.0 Å². The summed E-state index contributed by atoms with van der Waals surface area (Å²) in [6.45, 7) is 3.40. The van der Waals surface area contributed by atoms with Gasteiger partial charge in [0.2, 0.25) is 5.11 Å². The Hall–Kier alpha value is -2.11. The molecule has 0 aliphatic rings. The lowest BCUT2D eigenvalue weighted by Crippen LogP contribution is -2.37. The Kier molecular flexibility index (Phi) is 7.68. The molecule has 4 N–H and O–H groups in total. The highest BCUT2D eigenvalue weighted by atomic mass is 32.2. The average molecular weight is 387 g/mol. The van der Waals surface area contributed by atoms with Gasteiger partial charge in [-0.25, -0.2) is 8.42 Å². The van der Waals surface area contributed by atoms with Crippen LogP contribution in [0.4, 0.5) is 0 Å². The molecule has 0 aliphatic heterocycles. The van der Waals surface area contributed by atoms with Crippen LogP contribution in [-0.2, 0) is 10.0 Å². The molecule has 130 valence electrons. The minimum Gasteiger partial charge on any atom is -0.364 e. The van der Waals surface area contributed by atoms with Gasteiger partial charge in [-0.15, -0.1) is 0 Å². The summed E-state index contributed by atoms with van der Waals surface area (Å²) in [5, 5.41) is 10.9. The van der Waals surface area contributed by atoms with Gasteiger partial charge in [-0.3, -0.25) is 15.6 Å². The fraction of sp³-hybridized carbons (Fsp3) is 0.231. The van der Waals surface area contributed by atoms with Gasteiger partial charge in [-0.2, -0.15) is 10.2 Å². The summed E-state index contributed by atoms with van der Waals surface area (Å²) >= 11 is 9.83. The van der Waals surface area contributed by atoms with Crippen molar-refractivity contribution in [3.8, 4) is 0 Å². The predicted molar refractivity (Wildman–Crippen MR) is 104 cm³/mol. The lowest BCUT2D eigenvalue weighted by molar-refractivity contribution is 0.592. The Morgan fingerprint density at radius 3 is 1.96 bits per heavy atom. The molecular weight excluding hydrogens is 368 g/mol. The molecule has 0 saturated carbocycles. The third-order valence-corrected chi connectivity index (χ3v) is 4.67. The van der Waals surface area contributed by atoms with E-state index in [2.05, 4.69) is 31.1 Å². The van der Waals surface area contributed by atoms with Crippen molar-refractivity contribution in [2.45, 2.75) is 18.7 Å². The Balaban J connectivity index is 2.66. The number of rotatable bonds is 5. The summed E-state index contributed by atoms with van der Waals surface area (Å²) in [7, 11) is -2.08. The maximum absolute atomic E-state index is 12.1. The topological polar surface area (TPSA) is 107 Å². The second-order valence-electron chi connectivity index (χ2n) is 4.44. The second kappa shape index (κ2) is 9.25. The minimum atomic E-state index is -3.74. The summed E-state index contributed by atoms with van der Waals surface area (Å²) in [5.41, 5.74) is 6.13. The van der Waals surface area contributed by atoms with Crippen molar-refractivity contribution in [1.82, 2.24) is 20.9 Å². The van der Waals surface area contributed by atoms with E-state index in [1.54, 1.807) is 39.1 Å². The largest absolute Gasteiger partial charge is 0.364 e. The standard InChI is InChI=1S/C13H18N6O2S3/c1-9(15-17-12(22)14-3)10(2)16-18-13(23)19-24(20,21)11-7-5-4-6-8-11/h4-8H,1-3H3,(H2,14,17,22)(H2,18,19,23)/b15-9+,16-10-. The van der Waals surface area contributed by atoms with Crippen LogP contribution < -0.4 is 20.9 Å². The molecule has 0 bridgehead atoms. The van der Waals surface area contributed by atoms with Crippen molar-refractivity contribution in [2.75, 3.05) is 7.05 Å². The highest BCUT2D eigenvalue weighted by Gasteiger charge is 2.14. The normalized spacial score (nSPS) is 12.3. The SMILES string of the molecule is CNC(=S)N/N=C(C)/C(C)=N\NC(=S)NS(=O)(=O)c1ccccc1. The van der Waals surface area contributed by atoms with Gasteiger partial charge in [0, 0.05) is 7.05 Å². The fourth-order valence-electron chi connectivity index (χ4n) is 1.29. The van der Waals surface area contributed by atoms with E-state index in [1.165, 1.54) is 12.1 Å². The van der Waals surface area contributed by atoms with E-state index >= 15 is 0 Å². The smallest absolute Gasteiger partial charge is 0.263 e. The Morgan fingerprint density at radius 2 is 1.46 bits per heavy atom. The van der Waals surface area contributed by atoms with Crippen LogP contribution in [0.5, 0.6) is 0 Å². The first kappa shape index (κ1) is 19.9. The third kappa shape index (κ3) is 6.56. The van der Waals surface area contributed by atoms with Crippen LogP contribution in [0.15, 0.2) is 45.4 Å². The lowest BCUT2D eigenvalue weighted by Gasteiger charge is -2.09. The summed E-state index contributed by atoms with van der Waals surface area (Å²) in [5.74, 6) is 0. The molecule has 24 heavy (non-hydrogen) atoms. The molecule has 0 fully saturated rings. The Morgan fingerprint density at radius 1 is 0.958 bits per heavy atom. The quantitative estimate of drug-likeness (QED) is 0.335. The lowest BCUT2D eigenvalue weighted by atomic mass is 10.3. The maximum atomic E-state index is 12.1. The number of thiocarbonyl (C=S) groups is 2. The zero-order valence-electron chi connectivity index (χ0n) is 13.3.